The van der Waals surface area contributed by atoms with Crippen LogP contribution < -0.4 is 5.32 Å². The standard InChI is InChI=1S/C20H24N2O3S/c1-13-4-5-14(26-13)10-22-11-16-15(17-6-7-20(16,12-22)25-17)9-21-19(23)18-3-2-8-24-18/h2-5,8,15-17H,6-7,9-12H2,1H3,(H,21,23)/t15-,16+,17+,20+/m0/s1. The summed E-state index contributed by atoms with van der Waals surface area (Å²) >= 11 is 1.88. The number of rotatable bonds is 5. The van der Waals surface area contributed by atoms with Crippen LogP contribution in [0.25, 0.3) is 0 Å². The highest BCUT2D eigenvalue weighted by atomic mass is 32.1. The van der Waals surface area contributed by atoms with E-state index in [-0.39, 0.29) is 11.5 Å². The van der Waals surface area contributed by atoms with Crippen molar-refractivity contribution in [3.8, 4) is 0 Å². The Morgan fingerprint density at radius 2 is 2.35 bits per heavy atom. The molecule has 1 N–H and O–H groups in total. The lowest BCUT2D eigenvalue weighted by atomic mass is 9.73. The van der Waals surface area contributed by atoms with Crippen molar-refractivity contribution < 1.29 is 13.9 Å². The van der Waals surface area contributed by atoms with Crippen molar-refractivity contribution in [3.63, 3.8) is 0 Å². The highest BCUT2D eigenvalue weighted by molar-refractivity contribution is 7.11. The summed E-state index contributed by atoms with van der Waals surface area (Å²) in [6.45, 7) is 5.93. The van der Waals surface area contributed by atoms with E-state index < -0.39 is 0 Å². The summed E-state index contributed by atoms with van der Waals surface area (Å²) in [6.07, 6.45) is 4.10. The van der Waals surface area contributed by atoms with E-state index in [9.17, 15) is 4.79 Å². The number of likely N-dealkylation sites (tertiary alicyclic amines) is 1. The third kappa shape index (κ3) is 2.71. The number of hydrogen-bond donors (Lipinski definition) is 1. The van der Waals surface area contributed by atoms with Crippen molar-refractivity contribution in [2.24, 2.45) is 11.8 Å². The van der Waals surface area contributed by atoms with Gasteiger partial charge in [-0.3, -0.25) is 9.69 Å². The number of nitrogens with zero attached hydrogens (tertiary/aromatic N) is 1. The van der Waals surface area contributed by atoms with Crippen LogP contribution in [0.2, 0.25) is 0 Å². The van der Waals surface area contributed by atoms with Crippen LogP contribution in [0.3, 0.4) is 0 Å². The first-order chi connectivity index (χ1) is 12.6. The monoisotopic (exact) mass is 372 g/mol. The molecule has 0 unspecified atom stereocenters. The molecule has 2 aromatic heterocycles. The molecule has 3 aliphatic heterocycles. The largest absolute Gasteiger partial charge is 0.459 e. The fraction of sp³-hybridized carbons (Fsp3) is 0.550. The Morgan fingerprint density at radius 3 is 3.12 bits per heavy atom. The summed E-state index contributed by atoms with van der Waals surface area (Å²) in [5, 5.41) is 3.06. The van der Waals surface area contributed by atoms with Gasteiger partial charge in [0.05, 0.1) is 18.0 Å². The van der Waals surface area contributed by atoms with E-state index in [0.717, 1.165) is 32.5 Å². The van der Waals surface area contributed by atoms with E-state index in [1.807, 2.05) is 11.3 Å². The molecule has 4 atom stereocenters. The molecule has 1 amide bonds. The molecule has 0 radical (unpaired) electrons. The molecular weight excluding hydrogens is 348 g/mol. The minimum Gasteiger partial charge on any atom is -0.459 e. The second-order valence-electron chi connectivity index (χ2n) is 7.90. The Balaban J connectivity index is 1.25. The molecule has 0 saturated carbocycles. The van der Waals surface area contributed by atoms with Crippen LogP contribution in [0.1, 0.15) is 33.2 Å². The number of carbonyl (C=O) groups excluding carboxylic acids is 1. The topological polar surface area (TPSA) is 54.7 Å². The van der Waals surface area contributed by atoms with Crippen molar-refractivity contribution in [1.82, 2.24) is 10.2 Å². The second kappa shape index (κ2) is 6.22. The van der Waals surface area contributed by atoms with Gasteiger partial charge in [-0.2, -0.15) is 0 Å². The number of thiophene rings is 1. The summed E-state index contributed by atoms with van der Waals surface area (Å²) in [4.78, 5) is 17.5. The highest BCUT2D eigenvalue weighted by Crippen LogP contribution is 2.54. The zero-order chi connectivity index (χ0) is 17.7. The van der Waals surface area contributed by atoms with E-state index >= 15 is 0 Å². The lowest BCUT2D eigenvalue weighted by molar-refractivity contribution is 0.00219. The highest BCUT2D eigenvalue weighted by Gasteiger charge is 2.62. The Hall–Kier alpha value is -1.63. The predicted molar refractivity (Wildman–Crippen MR) is 99.2 cm³/mol. The zero-order valence-electron chi connectivity index (χ0n) is 14.9. The van der Waals surface area contributed by atoms with Crippen molar-refractivity contribution in [2.45, 2.75) is 38.0 Å². The third-order valence-corrected chi connectivity index (χ3v) is 7.26. The predicted octanol–water partition coefficient (Wildman–Crippen LogP) is 3.06. The van der Waals surface area contributed by atoms with E-state index in [0.29, 0.717) is 30.2 Å². The van der Waals surface area contributed by atoms with Gasteiger partial charge in [-0.25, -0.2) is 0 Å². The molecule has 3 aliphatic rings. The quantitative estimate of drug-likeness (QED) is 0.876. The van der Waals surface area contributed by atoms with Crippen LogP contribution in [0, 0.1) is 18.8 Å². The summed E-state index contributed by atoms with van der Waals surface area (Å²) in [7, 11) is 0. The van der Waals surface area contributed by atoms with Crippen LogP contribution in [-0.2, 0) is 11.3 Å². The van der Waals surface area contributed by atoms with Crippen molar-refractivity contribution in [1.29, 1.82) is 0 Å². The average molecular weight is 372 g/mol. The molecule has 0 aromatic carbocycles. The smallest absolute Gasteiger partial charge is 0.286 e. The molecular formula is C20H24N2O3S. The Labute approximate surface area is 157 Å². The van der Waals surface area contributed by atoms with Gasteiger partial charge in [0.2, 0.25) is 0 Å². The van der Waals surface area contributed by atoms with Gasteiger partial charge in [0.15, 0.2) is 5.76 Å². The molecule has 0 aliphatic carbocycles. The SMILES string of the molecule is Cc1ccc(CN2C[C@@H]3[C@H](CNC(=O)c4ccco4)[C@H]4CC[C@]3(C2)O4)s1. The van der Waals surface area contributed by atoms with E-state index in [2.05, 4.69) is 29.3 Å². The maximum atomic E-state index is 12.2. The van der Waals surface area contributed by atoms with Crippen LogP contribution in [0.5, 0.6) is 0 Å². The van der Waals surface area contributed by atoms with E-state index in [1.54, 1.807) is 12.1 Å². The molecule has 6 heteroatoms. The van der Waals surface area contributed by atoms with Gasteiger partial charge in [0, 0.05) is 47.8 Å². The zero-order valence-corrected chi connectivity index (χ0v) is 15.8. The molecule has 138 valence electrons. The first-order valence-corrected chi connectivity index (χ1v) is 10.2. The molecule has 5 rings (SSSR count). The fourth-order valence-corrected chi connectivity index (χ4v) is 6.11. The second-order valence-corrected chi connectivity index (χ2v) is 9.27. The summed E-state index contributed by atoms with van der Waals surface area (Å²) < 4.78 is 11.7. The summed E-state index contributed by atoms with van der Waals surface area (Å²) in [6, 6.07) is 7.88. The maximum Gasteiger partial charge on any atom is 0.286 e. The van der Waals surface area contributed by atoms with E-state index in [1.165, 1.54) is 16.0 Å². The van der Waals surface area contributed by atoms with Crippen LogP contribution in [-0.4, -0.2) is 42.1 Å². The fourth-order valence-electron chi connectivity index (χ4n) is 5.18. The molecule has 5 nitrogen and oxygen atoms in total. The minimum absolute atomic E-state index is 0.0110. The van der Waals surface area contributed by atoms with Crippen molar-refractivity contribution in [2.75, 3.05) is 19.6 Å². The van der Waals surface area contributed by atoms with Gasteiger partial charge in [0.25, 0.3) is 5.91 Å². The number of aryl methyl sites for hydroxylation is 1. The molecule has 26 heavy (non-hydrogen) atoms. The van der Waals surface area contributed by atoms with Gasteiger partial charge < -0.3 is 14.5 Å². The summed E-state index contributed by atoms with van der Waals surface area (Å²) in [5.41, 5.74) is 0.0110. The first kappa shape index (κ1) is 16.5. The number of fused-ring (bicyclic) bond motifs is 1. The van der Waals surface area contributed by atoms with Crippen molar-refractivity contribution in [3.05, 3.63) is 46.0 Å². The number of nitrogens with one attached hydrogen (secondary N) is 1. The first-order valence-electron chi connectivity index (χ1n) is 9.40. The number of hydrogen-bond acceptors (Lipinski definition) is 5. The minimum atomic E-state index is -0.129. The normalized spacial score (nSPS) is 32.9. The number of carbonyl (C=O) groups is 1. The average Bonchev–Trinajstić information content (AvgIpc) is 3.40. The maximum absolute atomic E-state index is 12.2. The molecule has 5 heterocycles. The Bertz CT molecular complexity index is 802. The third-order valence-electron chi connectivity index (χ3n) is 6.27. The van der Waals surface area contributed by atoms with Crippen LogP contribution in [0.4, 0.5) is 0 Å². The van der Waals surface area contributed by atoms with Crippen LogP contribution >= 0.6 is 11.3 Å². The van der Waals surface area contributed by atoms with Gasteiger partial charge >= 0.3 is 0 Å². The lowest BCUT2D eigenvalue weighted by Gasteiger charge is -2.29. The lowest BCUT2D eigenvalue weighted by Crippen LogP contribution is -2.41. The van der Waals surface area contributed by atoms with Crippen molar-refractivity contribution >= 4 is 17.2 Å². The molecule has 1 spiro atoms. The van der Waals surface area contributed by atoms with Gasteiger partial charge in [-0.05, 0) is 44.0 Å². The molecule has 3 saturated heterocycles. The molecule has 2 aromatic rings. The van der Waals surface area contributed by atoms with Gasteiger partial charge in [-0.1, -0.05) is 0 Å². The molecule has 3 fully saturated rings. The van der Waals surface area contributed by atoms with Crippen LogP contribution in [0.15, 0.2) is 34.9 Å². The van der Waals surface area contributed by atoms with E-state index in [4.69, 9.17) is 9.15 Å². The number of furan rings is 1. The Morgan fingerprint density at radius 1 is 1.42 bits per heavy atom. The van der Waals surface area contributed by atoms with Gasteiger partial charge in [0.1, 0.15) is 0 Å². The number of ether oxygens (including phenoxy) is 1. The Kier molecular flexibility index (Phi) is 3.95. The molecule has 2 bridgehead atoms. The number of amides is 1. The summed E-state index contributed by atoms with van der Waals surface area (Å²) in [5.74, 6) is 1.16. The van der Waals surface area contributed by atoms with Gasteiger partial charge in [-0.15, -0.1) is 11.3 Å².